The Balaban J connectivity index is 1.87. The fourth-order valence-corrected chi connectivity index (χ4v) is 2.84. The van der Waals surface area contributed by atoms with E-state index < -0.39 is 11.6 Å². The fraction of sp³-hybridized carbons (Fsp3) is 0.562. The molecule has 2 rings (SSSR count). The number of Topliss-reactive ketones (excluding diaryl/α,β-unsaturated/α-hetero) is 1. The van der Waals surface area contributed by atoms with E-state index >= 15 is 0 Å². The maximum Gasteiger partial charge on any atom is 0.164 e. The minimum absolute atomic E-state index is 0.125. The van der Waals surface area contributed by atoms with Gasteiger partial charge in [-0.25, -0.2) is 8.78 Å². The third kappa shape index (κ3) is 4.10. The monoisotopic (exact) mass is 281 g/mol. The Morgan fingerprint density at radius 1 is 1.15 bits per heavy atom. The maximum atomic E-state index is 13.1. The largest absolute Gasteiger partial charge is 0.303 e. The summed E-state index contributed by atoms with van der Waals surface area (Å²) in [7, 11) is 2.02. The lowest BCUT2D eigenvalue weighted by Crippen LogP contribution is -2.34. The highest BCUT2D eigenvalue weighted by molar-refractivity contribution is 5.96. The minimum atomic E-state index is -0.700. The van der Waals surface area contributed by atoms with Crippen molar-refractivity contribution in [1.29, 1.82) is 0 Å². The van der Waals surface area contributed by atoms with Crippen LogP contribution in [0.15, 0.2) is 18.2 Å². The molecule has 0 spiro atoms. The van der Waals surface area contributed by atoms with Crippen molar-refractivity contribution in [3.05, 3.63) is 35.4 Å². The lowest BCUT2D eigenvalue weighted by Gasteiger charge is -2.30. The third-order valence-corrected chi connectivity index (χ3v) is 4.07. The molecule has 110 valence electrons. The molecule has 1 aromatic rings. The first-order valence-corrected chi connectivity index (χ1v) is 7.26. The molecule has 0 radical (unpaired) electrons. The van der Waals surface area contributed by atoms with Crippen molar-refractivity contribution in [2.75, 3.05) is 13.6 Å². The Hall–Kier alpha value is -1.29. The molecule has 1 aromatic carbocycles. The van der Waals surface area contributed by atoms with Crippen LogP contribution < -0.4 is 0 Å². The van der Waals surface area contributed by atoms with Crippen molar-refractivity contribution in [2.45, 2.75) is 44.6 Å². The molecule has 1 fully saturated rings. The number of nitrogens with zero attached hydrogens (tertiary/aromatic N) is 1. The van der Waals surface area contributed by atoms with Crippen LogP contribution in [0, 0.1) is 11.6 Å². The zero-order valence-corrected chi connectivity index (χ0v) is 11.9. The highest BCUT2D eigenvalue weighted by Gasteiger charge is 2.19. The van der Waals surface area contributed by atoms with Gasteiger partial charge in [0, 0.05) is 30.6 Å². The van der Waals surface area contributed by atoms with Crippen molar-refractivity contribution in [1.82, 2.24) is 4.90 Å². The van der Waals surface area contributed by atoms with Crippen LogP contribution in [0.1, 0.15) is 48.9 Å². The first-order chi connectivity index (χ1) is 9.56. The molecule has 0 N–H and O–H groups in total. The van der Waals surface area contributed by atoms with Gasteiger partial charge in [-0.1, -0.05) is 19.3 Å². The van der Waals surface area contributed by atoms with Crippen molar-refractivity contribution < 1.29 is 13.6 Å². The molecule has 1 saturated carbocycles. The smallest absolute Gasteiger partial charge is 0.164 e. The second kappa shape index (κ2) is 6.93. The first-order valence-electron chi connectivity index (χ1n) is 7.26. The van der Waals surface area contributed by atoms with Gasteiger partial charge >= 0.3 is 0 Å². The number of carbonyl (C=O) groups excluding carboxylic acids is 1. The van der Waals surface area contributed by atoms with E-state index in [2.05, 4.69) is 4.90 Å². The van der Waals surface area contributed by atoms with Gasteiger partial charge in [-0.15, -0.1) is 0 Å². The molecule has 1 aliphatic rings. The zero-order chi connectivity index (χ0) is 14.5. The molecule has 4 heteroatoms. The summed E-state index contributed by atoms with van der Waals surface area (Å²) in [6, 6.07) is 3.53. The molecule has 0 saturated heterocycles. The van der Waals surface area contributed by atoms with Crippen LogP contribution in [-0.2, 0) is 0 Å². The molecule has 0 amide bonds. The molecule has 0 unspecified atom stereocenters. The van der Waals surface area contributed by atoms with Crippen LogP contribution in [0.5, 0.6) is 0 Å². The van der Waals surface area contributed by atoms with Gasteiger partial charge < -0.3 is 4.90 Å². The van der Waals surface area contributed by atoms with Gasteiger partial charge in [0.2, 0.25) is 0 Å². The van der Waals surface area contributed by atoms with E-state index in [-0.39, 0.29) is 11.3 Å². The second-order valence-corrected chi connectivity index (χ2v) is 5.60. The molecule has 0 heterocycles. The summed E-state index contributed by atoms with van der Waals surface area (Å²) in [5.74, 6) is -1.60. The molecule has 2 nitrogen and oxygen atoms in total. The Morgan fingerprint density at radius 3 is 2.35 bits per heavy atom. The van der Waals surface area contributed by atoms with E-state index in [4.69, 9.17) is 0 Å². The Kier molecular flexibility index (Phi) is 5.24. The van der Waals surface area contributed by atoms with E-state index in [0.717, 1.165) is 18.2 Å². The summed E-state index contributed by atoms with van der Waals surface area (Å²) in [6.45, 7) is 0.641. The average molecular weight is 281 g/mol. The number of benzene rings is 1. The van der Waals surface area contributed by atoms with Crippen LogP contribution in [0.4, 0.5) is 8.78 Å². The van der Waals surface area contributed by atoms with Crippen LogP contribution in [0.2, 0.25) is 0 Å². The van der Waals surface area contributed by atoms with Crippen molar-refractivity contribution in [2.24, 2.45) is 0 Å². The van der Waals surface area contributed by atoms with Crippen molar-refractivity contribution >= 4 is 5.78 Å². The normalized spacial score (nSPS) is 16.6. The number of halogens is 2. The Morgan fingerprint density at radius 2 is 1.75 bits per heavy atom. The van der Waals surface area contributed by atoms with Crippen LogP contribution in [0.3, 0.4) is 0 Å². The summed E-state index contributed by atoms with van der Waals surface area (Å²) in [5, 5.41) is 0. The molecule has 0 atom stereocenters. The Bertz CT molecular complexity index is 449. The molecule has 1 aliphatic carbocycles. The van der Waals surface area contributed by atoms with E-state index in [9.17, 15) is 13.6 Å². The molecule has 0 bridgehead atoms. The number of ketones is 1. The predicted octanol–water partition coefficient (Wildman–Crippen LogP) is 3.80. The molecular weight excluding hydrogens is 260 g/mol. The molecule has 0 aliphatic heterocycles. The summed E-state index contributed by atoms with van der Waals surface area (Å²) in [4.78, 5) is 14.2. The van der Waals surface area contributed by atoms with Crippen LogP contribution in [0.25, 0.3) is 0 Å². The van der Waals surface area contributed by atoms with E-state index in [0.29, 0.717) is 19.0 Å². The Labute approximate surface area is 118 Å². The van der Waals surface area contributed by atoms with Crippen molar-refractivity contribution in [3.8, 4) is 0 Å². The fourth-order valence-electron chi connectivity index (χ4n) is 2.84. The van der Waals surface area contributed by atoms with E-state index in [1.165, 1.54) is 32.1 Å². The standard InChI is InChI=1S/C16H21F2NO/c1-19(15-5-3-2-4-6-15)8-7-16(20)12-9-13(17)11-14(18)10-12/h9-11,15H,2-8H2,1H3. The van der Waals surface area contributed by atoms with Crippen molar-refractivity contribution in [3.63, 3.8) is 0 Å². The highest BCUT2D eigenvalue weighted by atomic mass is 19.1. The SMILES string of the molecule is CN(CCC(=O)c1cc(F)cc(F)c1)C1CCCCC1. The van der Waals surface area contributed by atoms with Gasteiger partial charge in [0.1, 0.15) is 11.6 Å². The first kappa shape index (κ1) is 15.1. The predicted molar refractivity (Wildman–Crippen MR) is 74.8 cm³/mol. The highest BCUT2D eigenvalue weighted by Crippen LogP contribution is 2.22. The van der Waals surface area contributed by atoms with Gasteiger partial charge in [0.05, 0.1) is 0 Å². The van der Waals surface area contributed by atoms with Crippen LogP contribution >= 0.6 is 0 Å². The van der Waals surface area contributed by atoms with Gasteiger partial charge in [-0.05, 0) is 32.0 Å². The van der Waals surface area contributed by atoms with E-state index in [1.807, 2.05) is 7.05 Å². The van der Waals surface area contributed by atoms with Gasteiger partial charge in [0.15, 0.2) is 5.78 Å². The molecule has 20 heavy (non-hydrogen) atoms. The summed E-state index contributed by atoms with van der Waals surface area (Å²) in [6.07, 6.45) is 6.45. The summed E-state index contributed by atoms with van der Waals surface area (Å²) >= 11 is 0. The summed E-state index contributed by atoms with van der Waals surface area (Å²) in [5.41, 5.74) is 0.125. The average Bonchev–Trinajstić information content (AvgIpc) is 2.44. The summed E-state index contributed by atoms with van der Waals surface area (Å²) < 4.78 is 26.2. The molecule has 0 aromatic heterocycles. The van der Waals surface area contributed by atoms with Gasteiger partial charge in [-0.2, -0.15) is 0 Å². The number of hydrogen-bond acceptors (Lipinski definition) is 2. The number of rotatable bonds is 5. The van der Waals surface area contributed by atoms with Gasteiger partial charge in [-0.3, -0.25) is 4.79 Å². The molecular formula is C16H21F2NO. The lowest BCUT2D eigenvalue weighted by atomic mass is 9.94. The zero-order valence-electron chi connectivity index (χ0n) is 11.9. The number of hydrogen-bond donors (Lipinski definition) is 0. The maximum absolute atomic E-state index is 13.1. The van der Waals surface area contributed by atoms with Gasteiger partial charge in [0.25, 0.3) is 0 Å². The third-order valence-electron chi connectivity index (χ3n) is 4.07. The van der Waals surface area contributed by atoms with E-state index in [1.54, 1.807) is 0 Å². The quantitative estimate of drug-likeness (QED) is 0.765. The second-order valence-electron chi connectivity index (χ2n) is 5.60. The van der Waals surface area contributed by atoms with Crippen LogP contribution in [-0.4, -0.2) is 30.3 Å². The topological polar surface area (TPSA) is 20.3 Å². The lowest BCUT2D eigenvalue weighted by molar-refractivity contribution is 0.0951. The minimum Gasteiger partial charge on any atom is -0.303 e. The number of carbonyl (C=O) groups is 1.